The highest BCUT2D eigenvalue weighted by molar-refractivity contribution is 7.21. The molecule has 0 saturated carbocycles. The van der Waals surface area contributed by atoms with Crippen LogP contribution in [0.5, 0.6) is 0 Å². The van der Waals surface area contributed by atoms with Crippen LogP contribution >= 0.6 is 11.3 Å². The van der Waals surface area contributed by atoms with Crippen LogP contribution in [0, 0.1) is 13.8 Å². The van der Waals surface area contributed by atoms with Gasteiger partial charge in [-0.25, -0.2) is 9.97 Å². The van der Waals surface area contributed by atoms with Crippen molar-refractivity contribution in [2.24, 2.45) is 0 Å². The summed E-state index contributed by atoms with van der Waals surface area (Å²) in [4.78, 5) is 9.46. The third-order valence-electron chi connectivity index (χ3n) is 1.70. The Hall–Kier alpha value is -1.16. The van der Waals surface area contributed by atoms with Crippen molar-refractivity contribution in [2.75, 3.05) is 5.73 Å². The number of thiazole rings is 1. The summed E-state index contributed by atoms with van der Waals surface area (Å²) in [5, 5.41) is 0.589. The Bertz CT molecular complexity index is 433. The Morgan fingerprint density at radius 2 is 2.08 bits per heavy atom. The van der Waals surface area contributed by atoms with Crippen LogP contribution in [0.4, 0.5) is 5.13 Å². The second-order valence-electron chi connectivity index (χ2n) is 2.79. The first kappa shape index (κ1) is 7.49. The number of aryl methyl sites for hydroxylation is 2. The minimum Gasteiger partial charge on any atom is -0.375 e. The molecule has 0 unspecified atom stereocenters. The molecule has 62 valence electrons. The summed E-state index contributed by atoms with van der Waals surface area (Å²) in [6.45, 7) is 4.00. The molecule has 0 atom stereocenters. The van der Waals surface area contributed by atoms with Crippen molar-refractivity contribution in [2.45, 2.75) is 13.8 Å². The highest BCUT2D eigenvalue weighted by Gasteiger charge is 2.05. The van der Waals surface area contributed by atoms with E-state index >= 15 is 0 Å². The van der Waals surface area contributed by atoms with Crippen LogP contribution in [0.1, 0.15) is 11.3 Å². The lowest BCUT2D eigenvalue weighted by Crippen LogP contribution is -1.84. The van der Waals surface area contributed by atoms with Gasteiger partial charge < -0.3 is 5.73 Å². The molecule has 0 saturated heterocycles. The first-order chi connectivity index (χ1) is 5.66. The highest BCUT2D eigenvalue weighted by Crippen LogP contribution is 2.24. The minimum atomic E-state index is 0.589. The van der Waals surface area contributed by atoms with Crippen LogP contribution in [0.3, 0.4) is 0 Å². The van der Waals surface area contributed by atoms with Crippen molar-refractivity contribution < 1.29 is 0 Å². The summed E-state index contributed by atoms with van der Waals surface area (Å²) in [7, 11) is 0. The molecule has 0 aromatic carbocycles. The zero-order valence-corrected chi connectivity index (χ0v) is 7.77. The fraction of sp³-hybridized carbons (Fsp3) is 0.250. The molecule has 0 radical (unpaired) electrons. The molecule has 0 aliphatic heterocycles. The van der Waals surface area contributed by atoms with E-state index in [1.807, 2.05) is 19.9 Å². The van der Waals surface area contributed by atoms with E-state index < -0.39 is 0 Å². The monoisotopic (exact) mass is 179 g/mol. The molecular formula is C8H9N3S. The Balaban J connectivity index is 2.88. The van der Waals surface area contributed by atoms with E-state index in [-0.39, 0.29) is 0 Å². The number of nitrogen functional groups attached to an aromatic ring is 1. The van der Waals surface area contributed by atoms with E-state index in [1.165, 1.54) is 11.3 Å². The van der Waals surface area contributed by atoms with Crippen molar-refractivity contribution >= 4 is 26.8 Å². The summed E-state index contributed by atoms with van der Waals surface area (Å²) in [6.07, 6.45) is 0. The van der Waals surface area contributed by atoms with Crippen LogP contribution in [0.2, 0.25) is 0 Å². The number of rotatable bonds is 0. The van der Waals surface area contributed by atoms with Gasteiger partial charge >= 0.3 is 0 Å². The highest BCUT2D eigenvalue weighted by atomic mass is 32.1. The van der Waals surface area contributed by atoms with Crippen molar-refractivity contribution in [3.63, 3.8) is 0 Å². The average molecular weight is 179 g/mol. The summed E-state index contributed by atoms with van der Waals surface area (Å²) >= 11 is 1.44. The maximum atomic E-state index is 5.58. The number of hydrogen-bond donors (Lipinski definition) is 1. The fourth-order valence-corrected chi connectivity index (χ4v) is 2.06. The molecular weight excluding hydrogens is 170 g/mol. The number of pyridine rings is 1. The molecule has 0 bridgehead atoms. The number of fused-ring (bicyclic) bond motifs is 1. The Labute approximate surface area is 74.3 Å². The van der Waals surface area contributed by atoms with E-state index in [1.54, 1.807) is 0 Å². The van der Waals surface area contributed by atoms with Crippen LogP contribution in [0.25, 0.3) is 10.3 Å². The van der Waals surface area contributed by atoms with Gasteiger partial charge in [-0.3, -0.25) is 0 Å². The zero-order valence-electron chi connectivity index (χ0n) is 6.96. The van der Waals surface area contributed by atoms with Crippen LogP contribution in [0.15, 0.2) is 6.07 Å². The van der Waals surface area contributed by atoms with Gasteiger partial charge in [0.25, 0.3) is 0 Å². The number of hydrogen-bond acceptors (Lipinski definition) is 4. The second-order valence-corrected chi connectivity index (χ2v) is 3.80. The SMILES string of the molecule is Cc1cc(C)c2nc(N)sc2n1. The van der Waals surface area contributed by atoms with Gasteiger partial charge in [0, 0.05) is 5.69 Å². The molecule has 12 heavy (non-hydrogen) atoms. The number of anilines is 1. The third-order valence-corrected chi connectivity index (χ3v) is 2.48. The lowest BCUT2D eigenvalue weighted by Gasteiger charge is -1.94. The topological polar surface area (TPSA) is 51.8 Å². The maximum absolute atomic E-state index is 5.58. The number of aromatic nitrogens is 2. The van der Waals surface area contributed by atoms with E-state index in [9.17, 15) is 0 Å². The van der Waals surface area contributed by atoms with E-state index in [0.717, 1.165) is 21.6 Å². The summed E-state index contributed by atoms with van der Waals surface area (Å²) in [6, 6.07) is 2.02. The second kappa shape index (κ2) is 2.42. The maximum Gasteiger partial charge on any atom is 0.182 e. The van der Waals surface area contributed by atoms with Gasteiger partial charge in [0.05, 0.1) is 0 Å². The Morgan fingerprint density at radius 1 is 1.33 bits per heavy atom. The molecule has 2 aromatic heterocycles. The predicted octanol–water partition coefficient (Wildman–Crippen LogP) is 1.89. The predicted molar refractivity (Wildman–Crippen MR) is 51.3 cm³/mol. The third kappa shape index (κ3) is 1.04. The van der Waals surface area contributed by atoms with Crippen molar-refractivity contribution in [3.8, 4) is 0 Å². The van der Waals surface area contributed by atoms with E-state index in [2.05, 4.69) is 9.97 Å². The Kier molecular flexibility index (Phi) is 1.51. The molecule has 0 fully saturated rings. The fourth-order valence-electron chi connectivity index (χ4n) is 1.23. The molecule has 4 heteroatoms. The standard InChI is InChI=1S/C8H9N3S/c1-4-3-5(2)10-7-6(4)11-8(9)12-7/h3H,1-2H3,(H2,9,11). The van der Waals surface area contributed by atoms with Crippen molar-refractivity contribution in [1.82, 2.24) is 9.97 Å². The molecule has 2 heterocycles. The summed E-state index contributed by atoms with van der Waals surface area (Å²) in [5.41, 5.74) is 8.67. The number of nitrogens with two attached hydrogens (primary N) is 1. The normalized spacial score (nSPS) is 10.8. The average Bonchev–Trinajstić information content (AvgIpc) is 2.29. The van der Waals surface area contributed by atoms with E-state index in [0.29, 0.717) is 5.13 Å². The molecule has 0 amide bonds. The number of nitrogens with zero attached hydrogens (tertiary/aromatic N) is 2. The molecule has 2 N–H and O–H groups in total. The molecule has 2 aromatic rings. The Morgan fingerprint density at radius 3 is 2.83 bits per heavy atom. The smallest absolute Gasteiger partial charge is 0.182 e. The first-order valence-electron chi connectivity index (χ1n) is 3.67. The van der Waals surface area contributed by atoms with Gasteiger partial charge in [-0.05, 0) is 25.5 Å². The van der Waals surface area contributed by atoms with Gasteiger partial charge in [0.15, 0.2) is 5.13 Å². The molecule has 3 nitrogen and oxygen atoms in total. The molecule has 2 rings (SSSR count). The lowest BCUT2D eigenvalue weighted by molar-refractivity contribution is 1.24. The molecule has 0 spiro atoms. The van der Waals surface area contributed by atoms with Crippen LogP contribution in [-0.2, 0) is 0 Å². The van der Waals surface area contributed by atoms with Gasteiger partial charge in [-0.15, -0.1) is 0 Å². The largest absolute Gasteiger partial charge is 0.375 e. The van der Waals surface area contributed by atoms with Crippen LogP contribution in [-0.4, -0.2) is 9.97 Å². The molecule has 0 aliphatic carbocycles. The van der Waals surface area contributed by atoms with E-state index in [4.69, 9.17) is 5.73 Å². The van der Waals surface area contributed by atoms with Crippen molar-refractivity contribution in [3.05, 3.63) is 17.3 Å². The van der Waals surface area contributed by atoms with Gasteiger partial charge in [-0.2, -0.15) is 0 Å². The van der Waals surface area contributed by atoms with Crippen molar-refractivity contribution in [1.29, 1.82) is 0 Å². The molecule has 0 aliphatic rings. The van der Waals surface area contributed by atoms with Gasteiger partial charge in [0.2, 0.25) is 0 Å². The van der Waals surface area contributed by atoms with Crippen LogP contribution < -0.4 is 5.73 Å². The lowest BCUT2D eigenvalue weighted by atomic mass is 10.2. The minimum absolute atomic E-state index is 0.589. The quantitative estimate of drug-likeness (QED) is 0.672. The van der Waals surface area contributed by atoms with Gasteiger partial charge in [-0.1, -0.05) is 11.3 Å². The summed E-state index contributed by atoms with van der Waals surface area (Å²) in [5.74, 6) is 0. The zero-order chi connectivity index (χ0) is 8.72. The first-order valence-corrected chi connectivity index (χ1v) is 4.49. The summed E-state index contributed by atoms with van der Waals surface area (Å²) < 4.78 is 0. The van der Waals surface area contributed by atoms with Gasteiger partial charge in [0.1, 0.15) is 10.3 Å².